The fraction of sp³-hybridized carbons (Fsp3) is 0.684. The quantitative estimate of drug-likeness (QED) is 0.847. The van der Waals surface area contributed by atoms with Gasteiger partial charge < -0.3 is 5.32 Å². The summed E-state index contributed by atoms with van der Waals surface area (Å²) in [6, 6.07) is 8.14. The second-order valence-corrected chi connectivity index (χ2v) is 7.64. The molecule has 0 saturated heterocycles. The van der Waals surface area contributed by atoms with Crippen LogP contribution in [-0.2, 0) is 0 Å². The lowest BCUT2D eigenvalue weighted by atomic mass is 9.54. The van der Waals surface area contributed by atoms with Crippen molar-refractivity contribution in [1.29, 1.82) is 0 Å². The van der Waals surface area contributed by atoms with Gasteiger partial charge in [0, 0.05) is 12.1 Å². The van der Waals surface area contributed by atoms with Gasteiger partial charge in [-0.15, -0.1) is 0 Å². The van der Waals surface area contributed by atoms with Gasteiger partial charge in [0.05, 0.1) is 0 Å². The number of rotatable bonds is 4. The topological polar surface area (TPSA) is 12.0 Å². The number of hydrogen-bond donors (Lipinski definition) is 1. The van der Waals surface area contributed by atoms with E-state index in [1.54, 1.807) is 12.1 Å². The average molecular weight is 287 g/mol. The van der Waals surface area contributed by atoms with E-state index >= 15 is 0 Å². The SMILES string of the molecule is CCC(NC1C2CC3CC(C2)CC1C3)c1cccc(F)c1. The standard InChI is InChI=1S/C19H26FN/c1-2-18(14-4-3-5-17(20)11-14)21-19-15-7-12-6-13(9-15)10-16(19)8-12/h3-5,11-13,15-16,18-19,21H,2,6-10H2,1H3. The number of nitrogens with one attached hydrogen (secondary N) is 1. The Hall–Kier alpha value is -0.890. The molecule has 1 atom stereocenters. The van der Waals surface area contributed by atoms with Gasteiger partial charge in [-0.1, -0.05) is 19.1 Å². The van der Waals surface area contributed by atoms with Crippen molar-refractivity contribution in [2.75, 3.05) is 0 Å². The van der Waals surface area contributed by atoms with Crippen LogP contribution in [0.4, 0.5) is 4.39 Å². The first-order chi connectivity index (χ1) is 10.2. The molecule has 0 aromatic heterocycles. The van der Waals surface area contributed by atoms with E-state index in [1.165, 1.54) is 32.1 Å². The Bertz CT molecular complexity index is 484. The molecule has 1 N–H and O–H groups in total. The van der Waals surface area contributed by atoms with E-state index in [0.717, 1.165) is 35.7 Å². The lowest BCUT2D eigenvalue weighted by molar-refractivity contribution is -0.0180. The number of hydrogen-bond acceptors (Lipinski definition) is 1. The van der Waals surface area contributed by atoms with Crippen LogP contribution in [0.25, 0.3) is 0 Å². The average Bonchev–Trinajstić information content (AvgIpc) is 2.46. The molecule has 0 aliphatic heterocycles. The monoisotopic (exact) mass is 287 g/mol. The van der Waals surface area contributed by atoms with E-state index < -0.39 is 0 Å². The molecule has 1 nitrogen and oxygen atoms in total. The fourth-order valence-corrected chi connectivity index (χ4v) is 5.60. The Morgan fingerprint density at radius 3 is 2.33 bits per heavy atom. The number of benzene rings is 1. The lowest BCUT2D eigenvalue weighted by Crippen LogP contribution is -2.55. The smallest absolute Gasteiger partial charge is 0.123 e. The van der Waals surface area contributed by atoms with E-state index in [-0.39, 0.29) is 5.82 Å². The number of halogens is 1. The van der Waals surface area contributed by atoms with Crippen molar-refractivity contribution < 1.29 is 4.39 Å². The van der Waals surface area contributed by atoms with Crippen LogP contribution in [0.1, 0.15) is 57.1 Å². The predicted octanol–water partition coefficient (Wildman–Crippen LogP) is 4.69. The Labute approximate surface area is 127 Å². The summed E-state index contributed by atoms with van der Waals surface area (Å²) in [4.78, 5) is 0. The molecule has 4 aliphatic rings. The molecule has 0 heterocycles. The van der Waals surface area contributed by atoms with Gasteiger partial charge in [0.15, 0.2) is 0 Å². The summed E-state index contributed by atoms with van der Waals surface area (Å²) < 4.78 is 13.5. The molecule has 1 aromatic rings. The molecule has 0 radical (unpaired) electrons. The van der Waals surface area contributed by atoms with E-state index in [9.17, 15) is 4.39 Å². The molecule has 4 bridgehead atoms. The molecule has 0 amide bonds. The van der Waals surface area contributed by atoms with E-state index in [0.29, 0.717) is 12.1 Å². The van der Waals surface area contributed by atoms with Gasteiger partial charge in [0.1, 0.15) is 5.82 Å². The van der Waals surface area contributed by atoms with E-state index in [4.69, 9.17) is 0 Å². The molecule has 0 spiro atoms. The minimum absolute atomic E-state index is 0.113. The highest BCUT2D eigenvalue weighted by molar-refractivity contribution is 5.20. The molecular formula is C19H26FN. The first-order valence-electron chi connectivity index (χ1n) is 8.74. The van der Waals surface area contributed by atoms with Crippen molar-refractivity contribution >= 4 is 0 Å². The summed E-state index contributed by atoms with van der Waals surface area (Å²) in [6.07, 6.45) is 8.27. The largest absolute Gasteiger partial charge is 0.307 e. The van der Waals surface area contributed by atoms with Gasteiger partial charge in [-0.25, -0.2) is 4.39 Å². The Balaban J connectivity index is 1.51. The molecule has 5 rings (SSSR count). The minimum Gasteiger partial charge on any atom is -0.307 e. The van der Waals surface area contributed by atoms with Crippen LogP contribution in [0.3, 0.4) is 0 Å². The van der Waals surface area contributed by atoms with Gasteiger partial charge in [-0.05, 0) is 79.9 Å². The van der Waals surface area contributed by atoms with Gasteiger partial charge in [-0.2, -0.15) is 0 Å². The van der Waals surface area contributed by atoms with Gasteiger partial charge in [0.25, 0.3) is 0 Å². The second kappa shape index (κ2) is 5.39. The van der Waals surface area contributed by atoms with E-state index in [2.05, 4.69) is 18.3 Å². The summed E-state index contributed by atoms with van der Waals surface area (Å²) >= 11 is 0. The Kier molecular flexibility index (Phi) is 3.53. The van der Waals surface area contributed by atoms with Gasteiger partial charge >= 0.3 is 0 Å². The third-order valence-electron chi connectivity index (χ3n) is 6.28. The molecule has 21 heavy (non-hydrogen) atoms. The molecule has 1 unspecified atom stereocenters. The van der Waals surface area contributed by atoms with Crippen LogP contribution < -0.4 is 5.32 Å². The molecule has 4 fully saturated rings. The predicted molar refractivity (Wildman–Crippen MR) is 83.4 cm³/mol. The molecular weight excluding hydrogens is 261 g/mol. The van der Waals surface area contributed by atoms with Gasteiger partial charge in [-0.3, -0.25) is 0 Å². The maximum absolute atomic E-state index is 13.5. The zero-order valence-corrected chi connectivity index (χ0v) is 12.9. The molecule has 4 aliphatic carbocycles. The van der Waals surface area contributed by atoms with Crippen molar-refractivity contribution in [2.24, 2.45) is 23.7 Å². The third kappa shape index (κ3) is 2.52. The lowest BCUT2D eigenvalue weighted by Gasteiger charge is -2.55. The first kappa shape index (κ1) is 13.8. The van der Waals surface area contributed by atoms with Crippen molar-refractivity contribution in [3.63, 3.8) is 0 Å². The summed E-state index contributed by atoms with van der Waals surface area (Å²) in [7, 11) is 0. The van der Waals surface area contributed by atoms with Crippen molar-refractivity contribution in [2.45, 2.75) is 57.5 Å². The zero-order valence-electron chi connectivity index (χ0n) is 12.9. The van der Waals surface area contributed by atoms with Crippen molar-refractivity contribution in [3.05, 3.63) is 35.6 Å². The van der Waals surface area contributed by atoms with E-state index in [1.807, 2.05) is 6.07 Å². The Morgan fingerprint density at radius 2 is 1.76 bits per heavy atom. The summed E-state index contributed by atoms with van der Waals surface area (Å²) in [5.41, 5.74) is 1.12. The summed E-state index contributed by atoms with van der Waals surface area (Å²) in [5.74, 6) is 3.67. The molecule has 4 saturated carbocycles. The highest BCUT2D eigenvalue weighted by atomic mass is 19.1. The maximum Gasteiger partial charge on any atom is 0.123 e. The van der Waals surface area contributed by atoms with Gasteiger partial charge in [0.2, 0.25) is 0 Å². The maximum atomic E-state index is 13.5. The fourth-order valence-electron chi connectivity index (χ4n) is 5.60. The summed E-state index contributed by atoms with van der Waals surface area (Å²) in [5, 5.41) is 3.93. The molecule has 114 valence electrons. The van der Waals surface area contributed by atoms with Crippen LogP contribution in [-0.4, -0.2) is 6.04 Å². The normalized spacial score (nSPS) is 38.7. The van der Waals surface area contributed by atoms with Crippen LogP contribution in [0.2, 0.25) is 0 Å². The third-order valence-corrected chi connectivity index (χ3v) is 6.28. The minimum atomic E-state index is -0.113. The first-order valence-corrected chi connectivity index (χ1v) is 8.74. The highest BCUT2D eigenvalue weighted by Gasteiger charge is 2.48. The molecule has 2 heteroatoms. The second-order valence-electron chi connectivity index (χ2n) is 7.64. The van der Waals surface area contributed by atoms with Crippen LogP contribution in [0, 0.1) is 29.5 Å². The van der Waals surface area contributed by atoms with Crippen LogP contribution in [0.5, 0.6) is 0 Å². The summed E-state index contributed by atoms with van der Waals surface area (Å²) in [6.45, 7) is 2.21. The zero-order chi connectivity index (χ0) is 14.4. The Morgan fingerprint density at radius 1 is 1.10 bits per heavy atom. The molecule has 1 aromatic carbocycles. The van der Waals surface area contributed by atoms with Crippen LogP contribution in [0.15, 0.2) is 24.3 Å². The van der Waals surface area contributed by atoms with Crippen LogP contribution >= 0.6 is 0 Å². The highest BCUT2D eigenvalue weighted by Crippen LogP contribution is 2.54. The van der Waals surface area contributed by atoms with Crippen molar-refractivity contribution in [3.8, 4) is 0 Å². The van der Waals surface area contributed by atoms with Crippen molar-refractivity contribution in [1.82, 2.24) is 5.32 Å².